The van der Waals surface area contributed by atoms with Crippen LogP contribution in [0.4, 0.5) is 0 Å². The average molecular weight is 853 g/mol. The minimum absolute atomic E-state index is 0.599. The molecule has 0 saturated heterocycles. The zero-order chi connectivity index (χ0) is 41.9. The van der Waals surface area contributed by atoms with Gasteiger partial charge in [0.2, 0.25) is 0 Å². The summed E-state index contributed by atoms with van der Waals surface area (Å²) >= 11 is 3.61. The Hall–Kier alpha value is -7.97. The van der Waals surface area contributed by atoms with Gasteiger partial charge < -0.3 is 8.98 Å². The molecule has 298 valence electrons. The van der Waals surface area contributed by atoms with Gasteiger partial charge in [-0.2, -0.15) is 0 Å². The van der Waals surface area contributed by atoms with E-state index in [1.165, 1.54) is 62.5 Å². The Bertz CT molecular complexity index is 4210. The SMILES string of the molecule is c1ccc(-n2c3ccccc3c3cc(-c4ccc5c(c4)sc4cccc(-c6nc(-c7ccc8c(c7)oc7ccccc78)nc(-c7cccc8sc9ccccc9c78)n6)c45)ccc32)cc1. The van der Waals surface area contributed by atoms with E-state index in [2.05, 4.69) is 180 Å². The van der Waals surface area contributed by atoms with Crippen LogP contribution in [0.25, 0.3) is 135 Å². The van der Waals surface area contributed by atoms with Gasteiger partial charge in [-0.1, -0.05) is 121 Å². The monoisotopic (exact) mass is 852 g/mol. The molecule has 7 heteroatoms. The molecule has 5 nitrogen and oxygen atoms in total. The summed E-state index contributed by atoms with van der Waals surface area (Å²) in [5, 5.41) is 9.32. The number of fused-ring (bicyclic) bond motifs is 12. The Balaban J connectivity index is 0.948. The van der Waals surface area contributed by atoms with Gasteiger partial charge in [-0.25, -0.2) is 15.0 Å². The minimum Gasteiger partial charge on any atom is -0.456 e. The summed E-state index contributed by atoms with van der Waals surface area (Å²) in [6.45, 7) is 0. The fraction of sp³-hybridized carbons (Fsp3) is 0. The molecule has 14 rings (SSSR count). The van der Waals surface area contributed by atoms with Crippen LogP contribution in [0.15, 0.2) is 199 Å². The third-order valence-corrected chi connectivity index (χ3v) is 14.9. The number of benzene rings is 9. The molecule has 0 spiro atoms. The summed E-state index contributed by atoms with van der Waals surface area (Å²) in [7, 11) is 0. The first-order chi connectivity index (χ1) is 31.7. The van der Waals surface area contributed by atoms with Crippen molar-refractivity contribution >= 4 is 107 Å². The van der Waals surface area contributed by atoms with Crippen molar-refractivity contribution in [3.8, 4) is 51.0 Å². The molecule has 0 aliphatic rings. The fourth-order valence-electron chi connectivity index (χ4n) is 9.77. The van der Waals surface area contributed by atoms with Gasteiger partial charge in [0.15, 0.2) is 17.5 Å². The van der Waals surface area contributed by atoms with Gasteiger partial charge in [-0.05, 0) is 83.9 Å². The molecule has 0 unspecified atom stereocenters. The van der Waals surface area contributed by atoms with E-state index < -0.39 is 0 Å². The Morgan fingerprint density at radius 2 is 0.906 bits per heavy atom. The summed E-state index contributed by atoms with van der Waals surface area (Å²) in [6.07, 6.45) is 0. The van der Waals surface area contributed by atoms with Crippen molar-refractivity contribution in [3.05, 3.63) is 194 Å². The number of furan rings is 1. The zero-order valence-electron chi connectivity index (χ0n) is 34.0. The molecule has 5 heterocycles. The van der Waals surface area contributed by atoms with Gasteiger partial charge in [0.05, 0.1) is 11.0 Å². The number of rotatable bonds is 5. The second-order valence-electron chi connectivity index (χ2n) is 16.3. The molecule has 0 bridgehead atoms. The van der Waals surface area contributed by atoms with E-state index >= 15 is 0 Å². The van der Waals surface area contributed by atoms with Crippen LogP contribution in [-0.2, 0) is 0 Å². The van der Waals surface area contributed by atoms with E-state index in [1.54, 1.807) is 11.3 Å². The number of thiophene rings is 2. The largest absolute Gasteiger partial charge is 0.456 e. The molecule has 64 heavy (non-hydrogen) atoms. The molecule has 0 aliphatic carbocycles. The highest BCUT2D eigenvalue weighted by Gasteiger charge is 2.21. The Morgan fingerprint density at radius 1 is 0.344 bits per heavy atom. The summed E-state index contributed by atoms with van der Waals surface area (Å²) in [4.78, 5) is 16.0. The molecule has 0 atom stereocenters. The van der Waals surface area contributed by atoms with E-state index in [0.717, 1.165) is 55.1 Å². The minimum atomic E-state index is 0.599. The van der Waals surface area contributed by atoms with Crippen LogP contribution >= 0.6 is 22.7 Å². The van der Waals surface area contributed by atoms with Crippen molar-refractivity contribution in [1.82, 2.24) is 19.5 Å². The quantitative estimate of drug-likeness (QED) is 0.173. The average Bonchev–Trinajstić information content (AvgIpc) is 4.12. The second kappa shape index (κ2) is 13.8. The van der Waals surface area contributed by atoms with Crippen LogP contribution in [-0.4, -0.2) is 19.5 Å². The smallest absolute Gasteiger partial charge is 0.164 e. The highest BCUT2D eigenvalue weighted by Crippen LogP contribution is 2.44. The number of hydrogen-bond acceptors (Lipinski definition) is 6. The predicted octanol–water partition coefficient (Wildman–Crippen LogP) is 16.3. The van der Waals surface area contributed by atoms with Crippen LogP contribution in [0.5, 0.6) is 0 Å². The van der Waals surface area contributed by atoms with Crippen molar-refractivity contribution in [2.45, 2.75) is 0 Å². The fourth-order valence-corrected chi connectivity index (χ4v) is 12.1. The topological polar surface area (TPSA) is 56.7 Å². The number of nitrogens with zero attached hydrogens (tertiary/aromatic N) is 4. The summed E-state index contributed by atoms with van der Waals surface area (Å²) < 4.78 is 13.6. The lowest BCUT2D eigenvalue weighted by Gasteiger charge is -2.11. The first-order valence-corrected chi connectivity index (χ1v) is 23.0. The second-order valence-corrected chi connectivity index (χ2v) is 18.5. The lowest BCUT2D eigenvalue weighted by Crippen LogP contribution is -2.00. The molecule has 0 N–H and O–H groups in total. The van der Waals surface area contributed by atoms with Gasteiger partial charge in [0.1, 0.15) is 11.2 Å². The van der Waals surface area contributed by atoms with Gasteiger partial charge in [0, 0.05) is 84.3 Å². The standard InChI is InChI=1S/C57H32N4OS2/c1-2-12-36(13-3-1)61-45-19-7-4-14-37(45)44-30-33(26-29-46(44)61)34-24-28-41-52(32-34)64-51-23-11-18-43(54(41)51)57-59-55(35-25-27-39-38-15-5-8-20-47(38)62-48(39)31-35)58-56(60-57)42-17-10-22-50-53(42)40-16-6-9-21-49(40)63-50/h1-32H. The molecule has 0 amide bonds. The van der Waals surface area contributed by atoms with E-state index in [9.17, 15) is 0 Å². The van der Waals surface area contributed by atoms with Crippen LogP contribution in [0.1, 0.15) is 0 Å². The van der Waals surface area contributed by atoms with E-state index in [1.807, 2.05) is 29.5 Å². The predicted molar refractivity (Wildman–Crippen MR) is 269 cm³/mol. The Morgan fingerprint density at radius 3 is 1.72 bits per heavy atom. The van der Waals surface area contributed by atoms with Crippen molar-refractivity contribution in [2.75, 3.05) is 0 Å². The maximum absolute atomic E-state index is 6.37. The number of para-hydroxylation sites is 3. The van der Waals surface area contributed by atoms with E-state index in [0.29, 0.717) is 17.5 Å². The van der Waals surface area contributed by atoms with E-state index in [4.69, 9.17) is 19.4 Å². The van der Waals surface area contributed by atoms with E-state index in [-0.39, 0.29) is 0 Å². The van der Waals surface area contributed by atoms with Crippen molar-refractivity contribution < 1.29 is 4.42 Å². The molecule has 0 aliphatic heterocycles. The normalized spacial score (nSPS) is 12.1. The van der Waals surface area contributed by atoms with Crippen molar-refractivity contribution in [1.29, 1.82) is 0 Å². The molecule has 14 aromatic rings. The van der Waals surface area contributed by atoms with Crippen molar-refractivity contribution in [2.24, 2.45) is 0 Å². The molecule has 0 radical (unpaired) electrons. The zero-order valence-corrected chi connectivity index (χ0v) is 35.6. The third kappa shape index (κ3) is 5.38. The summed E-state index contributed by atoms with van der Waals surface area (Å²) in [5.74, 6) is 1.87. The number of aromatic nitrogens is 4. The molecule has 5 aromatic heterocycles. The van der Waals surface area contributed by atoms with Gasteiger partial charge in [-0.15, -0.1) is 22.7 Å². The summed E-state index contributed by atoms with van der Waals surface area (Å²) in [5.41, 5.74) is 10.4. The first-order valence-electron chi connectivity index (χ1n) is 21.3. The third-order valence-electron chi connectivity index (χ3n) is 12.7. The molecular weight excluding hydrogens is 821 g/mol. The Labute approximate surface area is 373 Å². The first kappa shape index (κ1) is 35.6. The maximum Gasteiger partial charge on any atom is 0.164 e. The van der Waals surface area contributed by atoms with Gasteiger partial charge in [0.25, 0.3) is 0 Å². The molecule has 0 fully saturated rings. The van der Waals surface area contributed by atoms with Crippen LogP contribution in [0, 0.1) is 0 Å². The van der Waals surface area contributed by atoms with Gasteiger partial charge >= 0.3 is 0 Å². The highest BCUT2D eigenvalue weighted by atomic mass is 32.1. The molecular formula is C57H32N4OS2. The molecule has 0 saturated carbocycles. The lowest BCUT2D eigenvalue weighted by atomic mass is 10.00. The van der Waals surface area contributed by atoms with Crippen LogP contribution < -0.4 is 0 Å². The highest BCUT2D eigenvalue weighted by molar-refractivity contribution is 7.26. The lowest BCUT2D eigenvalue weighted by molar-refractivity contribution is 0.669. The number of hydrogen-bond donors (Lipinski definition) is 0. The Kier molecular flexibility index (Phi) is 7.66. The van der Waals surface area contributed by atoms with Crippen molar-refractivity contribution in [3.63, 3.8) is 0 Å². The molecule has 9 aromatic carbocycles. The maximum atomic E-state index is 6.37. The summed E-state index contributed by atoms with van der Waals surface area (Å²) in [6, 6.07) is 69.1. The van der Waals surface area contributed by atoms with Crippen LogP contribution in [0.3, 0.4) is 0 Å². The van der Waals surface area contributed by atoms with Gasteiger partial charge in [-0.3, -0.25) is 0 Å². The van der Waals surface area contributed by atoms with Crippen LogP contribution in [0.2, 0.25) is 0 Å².